The Morgan fingerprint density at radius 2 is 1.72 bits per heavy atom. The van der Waals surface area contributed by atoms with Gasteiger partial charge in [-0.2, -0.15) is 0 Å². The average Bonchev–Trinajstić information content (AvgIpc) is 2.81. The van der Waals surface area contributed by atoms with E-state index in [1.165, 1.54) is 12.1 Å². The molecule has 9 heteroatoms. The second kappa shape index (κ2) is 6.85. The van der Waals surface area contributed by atoms with Gasteiger partial charge in [0.05, 0.1) is 22.5 Å². The van der Waals surface area contributed by atoms with Crippen LogP contribution in [-0.2, 0) is 15.2 Å². The average molecular weight is 406 g/mol. The Bertz CT molecular complexity index is 958. The Kier molecular flexibility index (Phi) is 5.03. The van der Waals surface area contributed by atoms with E-state index in [0.29, 0.717) is 0 Å². The highest BCUT2D eigenvalue weighted by Gasteiger charge is 2.52. The smallest absolute Gasteiger partial charge is 0.399 e. The van der Waals surface area contributed by atoms with E-state index in [2.05, 4.69) is 4.98 Å². The fraction of sp³-hybridized carbons (Fsp3) is 0.400. The molecule has 1 aliphatic rings. The van der Waals surface area contributed by atoms with Gasteiger partial charge in [-0.15, -0.1) is 0 Å². The number of rotatable bonds is 4. The number of nitrogens with zero attached hydrogens (tertiary/aromatic N) is 1. The lowest BCUT2D eigenvalue weighted by Gasteiger charge is -2.32. The molecule has 5 nitrogen and oxygen atoms in total. The number of nitrogens with two attached hydrogens (primary N) is 1. The van der Waals surface area contributed by atoms with Gasteiger partial charge in [0.25, 0.3) is 5.92 Å². The van der Waals surface area contributed by atoms with Gasteiger partial charge in [0.2, 0.25) is 5.91 Å². The molecular formula is C20H22BF3N2O3. The first-order valence-electron chi connectivity index (χ1n) is 9.07. The van der Waals surface area contributed by atoms with E-state index in [1.807, 2.05) is 27.7 Å². The van der Waals surface area contributed by atoms with Crippen LogP contribution in [0.4, 0.5) is 13.2 Å². The van der Waals surface area contributed by atoms with Gasteiger partial charge in [-0.1, -0.05) is 6.07 Å². The van der Waals surface area contributed by atoms with Crippen LogP contribution in [0.3, 0.4) is 0 Å². The van der Waals surface area contributed by atoms with E-state index in [4.69, 9.17) is 15.0 Å². The Morgan fingerprint density at radius 3 is 2.24 bits per heavy atom. The molecule has 1 aromatic carbocycles. The van der Waals surface area contributed by atoms with Gasteiger partial charge >= 0.3 is 7.12 Å². The molecule has 1 saturated heterocycles. The molecule has 0 aliphatic carbocycles. The number of pyridine rings is 1. The Labute approximate surface area is 167 Å². The predicted molar refractivity (Wildman–Crippen MR) is 103 cm³/mol. The maximum absolute atomic E-state index is 15.6. The molecule has 2 N–H and O–H groups in total. The lowest BCUT2D eigenvalue weighted by Crippen LogP contribution is -2.41. The highest BCUT2D eigenvalue weighted by Crippen LogP contribution is 2.37. The highest BCUT2D eigenvalue weighted by molar-refractivity contribution is 6.62. The van der Waals surface area contributed by atoms with Crippen molar-refractivity contribution in [2.75, 3.05) is 0 Å². The summed E-state index contributed by atoms with van der Waals surface area (Å²) in [6.07, 6.45) is 1.13. The summed E-state index contributed by atoms with van der Waals surface area (Å²) in [5.41, 5.74) is 3.06. The minimum absolute atomic E-state index is 0.0270. The third-order valence-electron chi connectivity index (χ3n) is 5.47. The number of primary amides is 1. The van der Waals surface area contributed by atoms with Crippen LogP contribution >= 0.6 is 0 Å². The van der Waals surface area contributed by atoms with Crippen LogP contribution in [0.25, 0.3) is 11.3 Å². The molecular weight excluding hydrogens is 384 g/mol. The number of carbonyl (C=O) groups is 1. The summed E-state index contributed by atoms with van der Waals surface area (Å²) in [6, 6.07) is 4.83. The van der Waals surface area contributed by atoms with Crippen molar-refractivity contribution in [3.63, 3.8) is 0 Å². The van der Waals surface area contributed by atoms with E-state index in [0.717, 1.165) is 25.3 Å². The molecule has 1 amide bonds. The second-order valence-corrected chi connectivity index (χ2v) is 8.16. The highest BCUT2D eigenvalue weighted by atomic mass is 19.3. The zero-order chi connectivity index (χ0) is 21.8. The van der Waals surface area contributed by atoms with Crippen LogP contribution < -0.4 is 11.2 Å². The molecule has 1 aliphatic heterocycles. The number of aromatic nitrogens is 1. The number of amides is 1. The van der Waals surface area contributed by atoms with Gasteiger partial charge < -0.3 is 15.0 Å². The van der Waals surface area contributed by atoms with Crippen LogP contribution in [0.2, 0.25) is 0 Å². The maximum atomic E-state index is 15.6. The minimum atomic E-state index is -3.16. The van der Waals surface area contributed by atoms with E-state index < -0.39 is 36.0 Å². The number of benzene rings is 1. The normalized spacial score (nSPS) is 18.1. The van der Waals surface area contributed by atoms with Crippen molar-refractivity contribution in [1.82, 2.24) is 4.98 Å². The molecule has 0 bridgehead atoms. The molecule has 0 radical (unpaired) electrons. The van der Waals surface area contributed by atoms with Gasteiger partial charge in [0, 0.05) is 29.7 Å². The minimum Gasteiger partial charge on any atom is -0.399 e. The Balaban J connectivity index is 2.18. The summed E-state index contributed by atoms with van der Waals surface area (Å²) in [5.74, 6) is -4.93. The molecule has 29 heavy (non-hydrogen) atoms. The third-order valence-corrected chi connectivity index (χ3v) is 5.47. The fourth-order valence-corrected chi connectivity index (χ4v) is 3.04. The molecule has 0 saturated carbocycles. The lowest BCUT2D eigenvalue weighted by molar-refractivity contribution is 0.00578. The summed E-state index contributed by atoms with van der Waals surface area (Å²) in [4.78, 5) is 15.9. The SMILES string of the molecule is CC(F)(F)c1ccnc(-c2c(C(N)=O)ccc(B3OC(C)(C)C(C)(C)O3)c2F)c1. The lowest BCUT2D eigenvalue weighted by atomic mass is 9.76. The second-order valence-electron chi connectivity index (χ2n) is 8.16. The van der Waals surface area contributed by atoms with Crippen molar-refractivity contribution in [3.8, 4) is 11.3 Å². The monoisotopic (exact) mass is 406 g/mol. The van der Waals surface area contributed by atoms with E-state index in [1.54, 1.807) is 0 Å². The molecule has 1 aromatic heterocycles. The van der Waals surface area contributed by atoms with E-state index in [9.17, 15) is 13.6 Å². The molecule has 0 atom stereocenters. The first-order valence-corrected chi connectivity index (χ1v) is 9.07. The summed E-state index contributed by atoms with van der Waals surface area (Å²) >= 11 is 0. The van der Waals surface area contributed by atoms with Crippen molar-refractivity contribution in [2.24, 2.45) is 5.73 Å². The number of halogens is 3. The zero-order valence-corrected chi connectivity index (χ0v) is 16.8. The molecule has 0 unspecified atom stereocenters. The Hall–Kier alpha value is -2.39. The van der Waals surface area contributed by atoms with Crippen LogP contribution in [0.5, 0.6) is 0 Å². The topological polar surface area (TPSA) is 74.4 Å². The van der Waals surface area contributed by atoms with Gasteiger partial charge in [-0.3, -0.25) is 9.78 Å². The molecule has 154 valence electrons. The van der Waals surface area contributed by atoms with Crippen LogP contribution in [-0.4, -0.2) is 29.2 Å². The quantitative estimate of drug-likeness (QED) is 0.790. The van der Waals surface area contributed by atoms with Gasteiger partial charge in [-0.05, 0) is 45.9 Å². The summed E-state index contributed by atoms with van der Waals surface area (Å²) in [6.45, 7) is 7.99. The standard InChI is InChI=1S/C20H22BF3N2O3/c1-18(2)19(3,4)29-21(28-18)13-7-6-12(17(25)27)15(16(13)22)14-10-11(8-9-26-14)20(5,23)24/h6-10H,1-5H3,(H2,25,27). The van der Waals surface area contributed by atoms with Crippen molar-refractivity contribution in [2.45, 2.75) is 51.7 Å². The number of alkyl halides is 2. The largest absolute Gasteiger partial charge is 0.497 e. The maximum Gasteiger partial charge on any atom is 0.497 e. The van der Waals surface area contributed by atoms with Crippen LogP contribution in [0.1, 0.15) is 50.5 Å². The number of hydrogen-bond donors (Lipinski definition) is 1. The third kappa shape index (κ3) is 3.76. The van der Waals surface area contributed by atoms with Crippen molar-refractivity contribution < 1.29 is 27.3 Å². The van der Waals surface area contributed by atoms with E-state index in [-0.39, 0.29) is 27.8 Å². The predicted octanol–water partition coefficient (Wildman–Crippen LogP) is 3.40. The number of hydrogen-bond acceptors (Lipinski definition) is 4. The van der Waals surface area contributed by atoms with Crippen LogP contribution in [0.15, 0.2) is 30.5 Å². The van der Waals surface area contributed by atoms with Crippen molar-refractivity contribution in [3.05, 3.63) is 47.4 Å². The Morgan fingerprint density at radius 1 is 1.14 bits per heavy atom. The zero-order valence-electron chi connectivity index (χ0n) is 16.8. The first kappa shape index (κ1) is 21.3. The van der Waals surface area contributed by atoms with Crippen molar-refractivity contribution in [1.29, 1.82) is 0 Å². The molecule has 2 aromatic rings. The fourth-order valence-electron chi connectivity index (χ4n) is 3.04. The molecule has 0 spiro atoms. The van der Waals surface area contributed by atoms with Crippen LogP contribution in [0, 0.1) is 5.82 Å². The summed E-state index contributed by atoms with van der Waals surface area (Å²) in [7, 11) is -1.04. The number of carbonyl (C=O) groups excluding carboxylic acids is 1. The van der Waals surface area contributed by atoms with Gasteiger partial charge in [0.1, 0.15) is 5.82 Å². The molecule has 2 heterocycles. The molecule has 1 fully saturated rings. The van der Waals surface area contributed by atoms with Crippen molar-refractivity contribution >= 4 is 18.5 Å². The van der Waals surface area contributed by atoms with Gasteiger partial charge in [0.15, 0.2) is 0 Å². The summed E-state index contributed by atoms with van der Waals surface area (Å²) in [5, 5.41) is 0. The summed E-state index contributed by atoms with van der Waals surface area (Å²) < 4.78 is 54.8. The van der Waals surface area contributed by atoms with E-state index >= 15 is 4.39 Å². The van der Waals surface area contributed by atoms with Gasteiger partial charge in [-0.25, -0.2) is 13.2 Å². The first-order chi connectivity index (χ1) is 13.2. The molecule has 3 rings (SSSR count).